The van der Waals surface area contributed by atoms with E-state index in [2.05, 4.69) is 20.4 Å². The number of nitrogens with zero attached hydrogens (tertiary/aromatic N) is 2. The van der Waals surface area contributed by atoms with E-state index in [4.69, 9.17) is 5.11 Å². The zero-order valence-corrected chi connectivity index (χ0v) is 15.8. The van der Waals surface area contributed by atoms with Crippen molar-refractivity contribution in [1.82, 2.24) is 15.1 Å². The lowest BCUT2D eigenvalue weighted by molar-refractivity contribution is -0.137. The second kappa shape index (κ2) is 8.93. The predicted octanol–water partition coefficient (Wildman–Crippen LogP) is 0.924. The van der Waals surface area contributed by atoms with Gasteiger partial charge in [-0.25, -0.2) is 0 Å². The van der Waals surface area contributed by atoms with Crippen LogP contribution in [0.2, 0.25) is 0 Å². The van der Waals surface area contributed by atoms with Gasteiger partial charge in [0.15, 0.2) is 0 Å². The maximum Gasteiger partial charge on any atom is 0.416 e. The molecule has 0 saturated carbocycles. The van der Waals surface area contributed by atoms with Crippen LogP contribution in [0.15, 0.2) is 30.0 Å². The van der Waals surface area contributed by atoms with Gasteiger partial charge in [0.2, 0.25) is 5.78 Å². The van der Waals surface area contributed by atoms with Crippen LogP contribution in [0.25, 0.3) is 0 Å². The fourth-order valence-corrected chi connectivity index (χ4v) is 3.36. The van der Waals surface area contributed by atoms with Gasteiger partial charge >= 0.3 is 6.18 Å². The number of carbonyl (C=O) groups is 2. The third-order valence-electron chi connectivity index (χ3n) is 5.03. The van der Waals surface area contributed by atoms with Crippen LogP contribution in [-0.4, -0.2) is 79.0 Å². The number of alkyl halides is 3. The molecular formula is C19H23F3N4O3. The van der Waals surface area contributed by atoms with Crippen molar-refractivity contribution in [2.45, 2.75) is 6.18 Å². The normalized spacial score (nSPS) is 19.9. The molecule has 2 heterocycles. The molecule has 1 amide bonds. The average Bonchev–Trinajstić information content (AvgIpc) is 2.67. The number of aliphatic hydroxyl groups excluding tert-OH is 1. The molecule has 10 heteroatoms. The molecule has 1 fully saturated rings. The number of fused-ring (bicyclic) bond motifs is 1. The lowest BCUT2D eigenvalue weighted by atomic mass is 9.95. The average molecular weight is 412 g/mol. The molecule has 2 aliphatic rings. The largest absolute Gasteiger partial charge is 0.416 e. The minimum absolute atomic E-state index is 0.0749. The lowest BCUT2D eigenvalue weighted by Gasteiger charge is -2.34. The number of ketones is 1. The molecule has 0 spiro atoms. The van der Waals surface area contributed by atoms with Gasteiger partial charge in [0.1, 0.15) is 5.57 Å². The Bertz CT molecular complexity index is 802. The van der Waals surface area contributed by atoms with Crippen molar-refractivity contribution in [3.63, 3.8) is 0 Å². The third kappa shape index (κ3) is 5.14. The molecule has 0 aromatic heterocycles. The van der Waals surface area contributed by atoms with E-state index < -0.39 is 23.4 Å². The highest BCUT2D eigenvalue weighted by molar-refractivity contribution is 6.33. The van der Waals surface area contributed by atoms with Crippen molar-refractivity contribution in [3.8, 4) is 0 Å². The lowest BCUT2D eigenvalue weighted by Crippen LogP contribution is -2.48. The monoisotopic (exact) mass is 412 g/mol. The number of amides is 1. The molecule has 0 atom stereocenters. The van der Waals surface area contributed by atoms with Crippen molar-refractivity contribution >= 4 is 17.4 Å². The van der Waals surface area contributed by atoms with Gasteiger partial charge in [0.05, 0.1) is 17.9 Å². The molecule has 1 aromatic carbocycles. The van der Waals surface area contributed by atoms with E-state index in [1.807, 2.05) is 0 Å². The molecule has 0 unspecified atom stereocenters. The summed E-state index contributed by atoms with van der Waals surface area (Å²) in [5.74, 6) is -1.38. The van der Waals surface area contributed by atoms with Crippen molar-refractivity contribution in [1.29, 1.82) is 0 Å². The van der Waals surface area contributed by atoms with Crippen LogP contribution in [0.3, 0.4) is 0 Å². The molecule has 1 aromatic rings. The summed E-state index contributed by atoms with van der Waals surface area (Å²) in [7, 11) is 0. The standard InChI is InChI=1S/C19H23F3N4O3/c20-19(21,22)13-1-2-16-14(11-13)17(28)15(18(29)24-16)12-23-3-4-25-5-7-26(8-6-25)9-10-27/h1-2,11-12,23,27H,3-10H2,(H,24,29)/b15-12-. The zero-order chi connectivity index (χ0) is 21.0. The smallest absolute Gasteiger partial charge is 0.395 e. The molecule has 0 bridgehead atoms. The number of benzene rings is 1. The van der Waals surface area contributed by atoms with Crippen LogP contribution < -0.4 is 10.6 Å². The first-order valence-electron chi connectivity index (χ1n) is 9.36. The Hall–Kier alpha value is -2.43. The third-order valence-corrected chi connectivity index (χ3v) is 5.03. The van der Waals surface area contributed by atoms with E-state index >= 15 is 0 Å². The van der Waals surface area contributed by atoms with Crippen LogP contribution >= 0.6 is 0 Å². The highest BCUT2D eigenvalue weighted by atomic mass is 19.4. The van der Waals surface area contributed by atoms with Gasteiger partial charge in [-0.3, -0.25) is 19.4 Å². The molecular weight excluding hydrogens is 389 g/mol. The SMILES string of the molecule is O=C1Nc2ccc(C(F)(F)F)cc2C(=O)/C1=C/NCCN1CCN(CCO)CC1. The van der Waals surface area contributed by atoms with Crippen molar-refractivity contribution < 1.29 is 27.9 Å². The quantitative estimate of drug-likeness (QED) is 0.366. The van der Waals surface area contributed by atoms with Gasteiger partial charge in [-0.1, -0.05) is 0 Å². The van der Waals surface area contributed by atoms with Crippen molar-refractivity contribution in [2.24, 2.45) is 0 Å². The molecule has 158 valence electrons. The van der Waals surface area contributed by atoms with E-state index in [-0.39, 0.29) is 23.4 Å². The number of hydrogen-bond donors (Lipinski definition) is 3. The number of piperazine rings is 1. The Balaban J connectivity index is 1.58. The molecule has 7 nitrogen and oxygen atoms in total. The molecule has 3 rings (SSSR count). The van der Waals surface area contributed by atoms with Gasteiger partial charge in [-0.15, -0.1) is 0 Å². The van der Waals surface area contributed by atoms with Crippen LogP contribution in [0.5, 0.6) is 0 Å². The van der Waals surface area contributed by atoms with Crippen molar-refractivity contribution in [3.05, 3.63) is 41.1 Å². The highest BCUT2D eigenvalue weighted by Gasteiger charge is 2.35. The summed E-state index contributed by atoms with van der Waals surface area (Å²) < 4.78 is 38.7. The number of rotatable bonds is 6. The first-order chi connectivity index (χ1) is 13.8. The van der Waals surface area contributed by atoms with Crippen LogP contribution in [0.1, 0.15) is 15.9 Å². The predicted molar refractivity (Wildman–Crippen MR) is 100 cm³/mol. The van der Waals surface area contributed by atoms with Crippen molar-refractivity contribution in [2.75, 3.05) is 57.7 Å². The Morgan fingerprint density at radius 3 is 2.38 bits per heavy atom. The molecule has 1 saturated heterocycles. The van der Waals surface area contributed by atoms with E-state index in [0.717, 1.165) is 44.4 Å². The minimum Gasteiger partial charge on any atom is -0.395 e. The minimum atomic E-state index is -4.57. The number of nitrogens with one attached hydrogen (secondary N) is 2. The first kappa shape index (κ1) is 21.3. The van der Waals surface area contributed by atoms with Gasteiger partial charge in [0.25, 0.3) is 5.91 Å². The summed E-state index contributed by atoms with van der Waals surface area (Å²) in [5.41, 5.74) is -1.25. The molecule has 29 heavy (non-hydrogen) atoms. The maximum absolute atomic E-state index is 12.9. The Kier molecular flexibility index (Phi) is 6.56. The number of Topliss-reactive ketones (excluding diaryl/α,β-unsaturated/α-hetero) is 1. The summed E-state index contributed by atoms with van der Waals surface area (Å²) >= 11 is 0. The van der Waals surface area contributed by atoms with Gasteiger partial charge in [-0.2, -0.15) is 13.2 Å². The maximum atomic E-state index is 12.9. The fraction of sp³-hybridized carbons (Fsp3) is 0.474. The van der Waals surface area contributed by atoms with E-state index in [1.165, 1.54) is 6.20 Å². The van der Waals surface area contributed by atoms with Crippen LogP contribution in [0, 0.1) is 0 Å². The van der Waals surface area contributed by atoms with Crippen LogP contribution in [0.4, 0.5) is 18.9 Å². The fourth-order valence-electron chi connectivity index (χ4n) is 3.36. The summed E-state index contributed by atoms with van der Waals surface area (Å²) in [5, 5.41) is 14.3. The zero-order valence-electron chi connectivity index (χ0n) is 15.8. The topological polar surface area (TPSA) is 84.9 Å². The molecule has 3 N–H and O–H groups in total. The Morgan fingerprint density at radius 2 is 1.76 bits per heavy atom. The molecule has 2 aliphatic heterocycles. The molecule has 0 radical (unpaired) electrons. The van der Waals surface area contributed by atoms with E-state index in [9.17, 15) is 22.8 Å². The number of β-amino-alcohol motifs (C(OH)–C–C–N with tert-alkyl or cyclic N) is 1. The van der Waals surface area contributed by atoms with Gasteiger partial charge in [0, 0.05) is 57.6 Å². The highest BCUT2D eigenvalue weighted by Crippen LogP contribution is 2.34. The van der Waals surface area contributed by atoms with Gasteiger partial charge < -0.3 is 15.7 Å². The van der Waals surface area contributed by atoms with E-state index in [1.54, 1.807) is 0 Å². The Labute approximate surface area is 166 Å². The van der Waals surface area contributed by atoms with Crippen LogP contribution in [-0.2, 0) is 11.0 Å². The first-order valence-corrected chi connectivity index (χ1v) is 9.36. The van der Waals surface area contributed by atoms with Gasteiger partial charge in [-0.05, 0) is 18.2 Å². The number of hydrogen-bond acceptors (Lipinski definition) is 6. The summed E-state index contributed by atoms with van der Waals surface area (Å²) in [4.78, 5) is 29.1. The second-order valence-corrected chi connectivity index (χ2v) is 6.96. The summed E-state index contributed by atoms with van der Waals surface area (Å²) in [6.07, 6.45) is -3.30. The second-order valence-electron chi connectivity index (χ2n) is 6.96. The Morgan fingerprint density at radius 1 is 1.10 bits per heavy atom. The van der Waals surface area contributed by atoms with E-state index in [0.29, 0.717) is 19.6 Å². The number of carbonyl (C=O) groups excluding carboxylic acids is 2. The summed E-state index contributed by atoms with van der Waals surface area (Å²) in [6.45, 7) is 5.41. The number of anilines is 1. The number of aliphatic hydroxyl groups is 1. The summed E-state index contributed by atoms with van der Waals surface area (Å²) in [6, 6.07) is 2.69. The molecule has 0 aliphatic carbocycles. The number of halogens is 3.